The average molecular weight is 286 g/mol. The normalized spacial score (nSPS) is 10.3. The minimum absolute atomic E-state index is 0.0843. The van der Waals surface area contributed by atoms with Crippen LogP contribution in [0.15, 0.2) is 36.7 Å². The van der Waals surface area contributed by atoms with E-state index in [0.717, 1.165) is 24.4 Å². The zero-order chi connectivity index (χ0) is 14.2. The number of pyridine rings is 1. The Morgan fingerprint density at radius 1 is 1.25 bits per heavy atom. The first-order valence-electron chi connectivity index (χ1n) is 6.54. The van der Waals surface area contributed by atoms with Gasteiger partial charge in [-0.3, -0.25) is 4.98 Å². The molecule has 2 heterocycles. The third-order valence-corrected chi connectivity index (χ3v) is 3.90. The van der Waals surface area contributed by atoms with E-state index in [0.29, 0.717) is 0 Å². The second-order valence-electron chi connectivity index (χ2n) is 4.57. The number of aliphatic hydroxyl groups excluding tert-OH is 1. The van der Waals surface area contributed by atoms with Crippen LogP contribution in [-0.4, -0.2) is 35.2 Å². The van der Waals surface area contributed by atoms with Gasteiger partial charge in [0.1, 0.15) is 6.61 Å². The second-order valence-corrected chi connectivity index (χ2v) is 5.74. The molecule has 2 rings (SSSR count). The summed E-state index contributed by atoms with van der Waals surface area (Å²) in [4.78, 5) is 8.63. The van der Waals surface area contributed by atoms with Crippen LogP contribution in [0.4, 0.5) is 0 Å². The van der Waals surface area contributed by atoms with E-state index in [9.17, 15) is 0 Å². The number of thiophene rings is 1. The molecule has 0 spiro atoms. The smallest absolute Gasteiger partial charge is 0.104 e. The van der Waals surface area contributed by atoms with Crippen LogP contribution in [0.5, 0.6) is 0 Å². The zero-order valence-corrected chi connectivity index (χ0v) is 12.4. The molecule has 0 aliphatic carbocycles. The van der Waals surface area contributed by atoms with Gasteiger partial charge in [-0.25, -0.2) is 0 Å². The maximum absolute atomic E-state index is 8.68. The van der Waals surface area contributed by atoms with Gasteiger partial charge in [-0.15, -0.1) is 11.3 Å². The Morgan fingerprint density at radius 3 is 2.80 bits per heavy atom. The lowest BCUT2D eigenvalue weighted by Gasteiger charge is -2.15. The van der Waals surface area contributed by atoms with Crippen molar-refractivity contribution in [2.24, 2.45) is 0 Å². The van der Waals surface area contributed by atoms with E-state index in [2.05, 4.69) is 47.0 Å². The predicted octanol–water partition coefficient (Wildman–Crippen LogP) is 2.16. The van der Waals surface area contributed by atoms with Gasteiger partial charge in [0.05, 0.1) is 4.88 Å². The largest absolute Gasteiger partial charge is 0.384 e. The quantitative estimate of drug-likeness (QED) is 0.856. The molecule has 4 heteroatoms. The fourth-order valence-corrected chi connectivity index (χ4v) is 2.83. The van der Waals surface area contributed by atoms with Gasteiger partial charge < -0.3 is 10.0 Å². The molecule has 1 N–H and O–H groups in total. The number of aromatic nitrogens is 1. The molecular weight excluding hydrogens is 268 g/mol. The van der Waals surface area contributed by atoms with E-state index in [1.807, 2.05) is 18.5 Å². The third-order valence-electron chi connectivity index (χ3n) is 2.91. The van der Waals surface area contributed by atoms with Crippen molar-refractivity contribution < 1.29 is 5.11 Å². The van der Waals surface area contributed by atoms with Gasteiger partial charge in [-0.05, 0) is 43.3 Å². The Hall–Kier alpha value is -1.67. The summed E-state index contributed by atoms with van der Waals surface area (Å²) in [5.74, 6) is 5.61. The summed E-state index contributed by atoms with van der Waals surface area (Å²) in [6, 6.07) is 8.23. The maximum Gasteiger partial charge on any atom is 0.104 e. The summed E-state index contributed by atoms with van der Waals surface area (Å²) in [5, 5.41) is 8.68. The van der Waals surface area contributed by atoms with Gasteiger partial charge in [0.15, 0.2) is 0 Å². The van der Waals surface area contributed by atoms with Gasteiger partial charge in [0.2, 0.25) is 0 Å². The molecule has 104 valence electrons. The highest BCUT2D eigenvalue weighted by Crippen LogP contribution is 2.17. The second kappa shape index (κ2) is 7.81. The minimum atomic E-state index is -0.0843. The molecule has 0 aliphatic rings. The molecule has 0 saturated carbocycles. The monoisotopic (exact) mass is 286 g/mol. The lowest BCUT2D eigenvalue weighted by molar-refractivity contribution is 0.334. The molecule has 0 aromatic carbocycles. The van der Waals surface area contributed by atoms with Gasteiger partial charge in [-0.1, -0.05) is 11.8 Å². The first-order chi connectivity index (χ1) is 9.78. The summed E-state index contributed by atoms with van der Waals surface area (Å²) < 4.78 is 0. The van der Waals surface area contributed by atoms with Crippen LogP contribution in [0.1, 0.15) is 15.3 Å². The van der Waals surface area contributed by atoms with Crippen LogP contribution in [0, 0.1) is 11.8 Å². The van der Waals surface area contributed by atoms with Crippen molar-refractivity contribution in [2.45, 2.75) is 13.0 Å². The molecule has 0 saturated heterocycles. The highest BCUT2D eigenvalue weighted by Gasteiger charge is 2.03. The number of nitrogens with zero attached hydrogens (tertiary/aromatic N) is 2. The summed E-state index contributed by atoms with van der Waals surface area (Å²) >= 11 is 1.69. The van der Waals surface area contributed by atoms with Crippen molar-refractivity contribution in [1.82, 2.24) is 9.88 Å². The summed E-state index contributed by atoms with van der Waals surface area (Å²) in [5.41, 5.74) is 1.31. The standard InChI is InChI=1S/C16H18N2OS/c1-18(11-8-14-6-9-17-10-7-14)13-16-5-4-15(20-16)3-2-12-19/h4-7,9-10,19H,8,11-13H2,1H3. The number of likely N-dealkylation sites (N-methyl/N-ethyl adjacent to an activating group) is 1. The van der Waals surface area contributed by atoms with Crippen molar-refractivity contribution in [1.29, 1.82) is 0 Å². The van der Waals surface area contributed by atoms with Crippen molar-refractivity contribution in [3.05, 3.63) is 52.0 Å². The topological polar surface area (TPSA) is 36.4 Å². The Balaban J connectivity index is 1.82. The summed E-state index contributed by atoms with van der Waals surface area (Å²) in [6.45, 7) is 1.86. The zero-order valence-electron chi connectivity index (χ0n) is 11.5. The van der Waals surface area contributed by atoms with Crippen LogP contribution in [-0.2, 0) is 13.0 Å². The number of aliphatic hydroxyl groups is 1. The van der Waals surface area contributed by atoms with Crippen molar-refractivity contribution in [3.8, 4) is 11.8 Å². The van der Waals surface area contributed by atoms with Crippen molar-refractivity contribution in [2.75, 3.05) is 20.2 Å². The van der Waals surface area contributed by atoms with Crippen molar-refractivity contribution in [3.63, 3.8) is 0 Å². The fraction of sp³-hybridized carbons (Fsp3) is 0.312. The van der Waals surface area contributed by atoms with E-state index >= 15 is 0 Å². The first-order valence-corrected chi connectivity index (χ1v) is 7.35. The molecule has 2 aromatic heterocycles. The SMILES string of the molecule is CN(CCc1ccncc1)Cc1ccc(C#CCO)s1. The van der Waals surface area contributed by atoms with E-state index in [1.54, 1.807) is 11.3 Å². The van der Waals surface area contributed by atoms with Gasteiger partial charge in [-0.2, -0.15) is 0 Å². The van der Waals surface area contributed by atoms with Gasteiger partial charge in [0.25, 0.3) is 0 Å². The van der Waals surface area contributed by atoms with Gasteiger partial charge in [0, 0.05) is 30.4 Å². The summed E-state index contributed by atoms with van der Waals surface area (Å²) in [6.07, 6.45) is 4.70. The molecule has 0 fully saturated rings. The molecule has 20 heavy (non-hydrogen) atoms. The fourth-order valence-electron chi connectivity index (χ4n) is 1.87. The Kier molecular flexibility index (Phi) is 5.75. The van der Waals surface area contributed by atoms with E-state index in [1.165, 1.54) is 10.4 Å². The van der Waals surface area contributed by atoms with Crippen LogP contribution < -0.4 is 0 Å². The molecule has 2 aromatic rings. The molecule has 0 aliphatic heterocycles. The van der Waals surface area contributed by atoms with Gasteiger partial charge >= 0.3 is 0 Å². The first kappa shape index (κ1) is 14.7. The lowest BCUT2D eigenvalue weighted by Crippen LogP contribution is -2.20. The molecule has 0 radical (unpaired) electrons. The van der Waals surface area contributed by atoms with Crippen LogP contribution in [0.2, 0.25) is 0 Å². The molecular formula is C16H18N2OS. The Morgan fingerprint density at radius 2 is 2.05 bits per heavy atom. The molecule has 0 bridgehead atoms. The predicted molar refractivity (Wildman–Crippen MR) is 82.6 cm³/mol. The Labute approximate surface area is 123 Å². The lowest BCUT2D eigenvalue weighted by atomic mass is 10.2. The number of hydrogen-bond acceptors (Lipinski definition) is 4. The van der Waals surface area contributed by atoms with Crippen molar-refractivity contribution >= 4 is 11.3 Å². The number of rotatable bonds is 5. The van der Waals surface area contributed by atoms with Crippen LogP contribution in [0.25, 0.3) is 0 Å². The van der Waals surface area contributed by atoms with E-state index in [-0.39, 0.29) is 6.61 Å². The highest BCUT2D eigenvalue weighted by atomic mass is 32.1. The Bertz CT molecular complexity index is 583. The molecule has 0 amide bonds. The van der Waals surface area contributed by atoms with Crippen LogP contribution in [0.3, 0.4) is 0 Å². The highest BCUT2D eigenvalue weighted by molar-refractivity contribution is 7.12. The average Bonchev–Trinajstić information content (AvgIpc) is 2.91. The number of hydrogen-bond donors (Lipinski definition) is 1. The maximum atomic E-state index is 8.68. The van der Waals surface area contributed by atoms with Crippen LogP contribution >= 0.6 is 11.3 Å². The summed E-state index contributed by atoms with van der Waals surface area (Å²) in [7, 11) is 2.12. The molecule has 0 unspecified atom stereocenters. The third kappa shape index (κ3) is 4.78. The minimum Gasteiger partial charge on any atom is -0.384 e. The molecule has 3 nitrogen and oxygen atoms in total. The molecule has 0 atom stereocenters. The van der Waals surface area contributed by atoms with E-state index < -0.39 is 0 Å². The van der Waals surface area contributed by atoms with E-state index in [4.69, 9.17) is 5.11 Å².